The molecule has 4 heteroatoms. The molecule has 4 aliphatic rings. The van der Waals surface area contributed by atoms with Crippen LogP contribution in [0.1, 0.15) is 64.7 Å². The fourth-order valence-electron chi connectivity index (χ4n) is 4.90. The van der Waals surface area contributed by atoms with Crippen molar-refractivity contribution in [2.45, 2.75) is 89.0 Å². The Balaban J connectivity index is 1.29. The summed E-state index contributed by atoms with van der Waals surface area (Å²) in [6, 6.07) is 1.14. The van der Waals surface area contributed by atoms with E-state index in [1.165, 1.54) is 51.4 Å². The largest absolute Gasteiger partial charge is 0.373 e. The lowest BCUT2D eigenvalue weighted by Crippen LogP contribution is -2.48. The molecule has 4 rings (SSSR count). The highest BCUT2D eigenvalue weighted by Crippen LogP contribution is 2.44. The number of rotatable bonds is 4. The third-order valence-corrected chi connectivity index (χ3v) is 6.16. The van der Waals surface area contributed by atoms with Gasteiger partial charge in [-0.25, -0.2) is 0 Å². The van der Waals surface area contributed by atoms with E-state index in [0.717, 1.165) is 30.8 Å². The van der Waals surface area contributed by atoms with Crippen LogP contribution in [0.25, 0.3) is 0 Å². The molecule has 0 spiro atoms. The second-order valence-corrected chi connectivity index (χ2v) is 7.73. The van der Waals surface area contributed by atoms with Crippen LogP contribution in [0.15, 0.2) is 4.99 Å². The Hall–Kier alpha value is -0.770. The summed E-state index contributed by atoms with van der Waals surface area (Å²) in [5, 5.41) is 7.37. The Morgan fingerprint density at radius 2 is 1.82 bits per heavy atom. The highest BCUT2D eigenvalue weighted by atomic mass is 16.5. The van der Waals surface area contributed by atoms with E-state index in [-0.39, 0.29) is 0 Å². The van der Waals surface area contributed by atoms with Crippen LogP contribution in [0.4, 0.5) is 0 Å². The molecule has 0 amide bonds. The van der Waals surface area contributed by atoms with Crippen molar-refractivity contribution in [2.75, 3.05) is 6.54 Å². The van der Waals surface area contributed by atoms with Gasteiger partial charge < -0.3 is 15.4 Å². The highest BCUT2D eigenvalue weighted by Gasteiger charge is 2.45. The van der Waals surface area contributed by atoms with E-state index in [0.29, 0.717) is 24.3 Å². The van der Waals surface area contributed by atoms with Gasteiger partial charge in [0, 0.05) is 12.6 Å². The van der Waals surface area contributed by atoms with Crippen molar-refractivity contribution in [1.29, 1.82) is 0 Å². The van der Waals surface area contributed by atoms with Gasteiger partial charge in [0.15, 0.2) is 5.96 Å². The molecule has 5 atom stereocenters. The predicted molar refractivity (Wildman–Crippen MR) is 89.0 cm³/mol. The number of aliphatic imine (C=N–C) groups is 1. The Kier molecular flexibility index (Phi) is 4.29. The first-order valence-electron chi connectivity index (χ1n) is 9.56. The van der Waals surface area contributed by atoms with Gasteiger partial charge in [0.1, 0.15) is 0 Å². The summed E-state index contributed by atoms with van der Waals surface area (Å²) in [6.45, 7) is 2.96. The molecule has 2 heterocycles. The second-order valence-electron chi connectivity index (χ2n) is 7.73. The summed E-state index contributed by atoms with van der Waals surface area (Å²) >= 11 is 0. The second kappa shape index (κ2) is 6.38. The Morgan fingerprint density at radius 1 is 1.00 bits per heavy atom. The SMILES string of the molecule is CCN=C(NC1CC2CCC1O2)NC1CC1C1CCCCC1. The summed E-state index contributed by atoms with van der Waals surface area (Å²) < 4.78 is 5.96. The van der Waals surface area contributed by atoms with Crippen molar-refractivity contribution in [3.05, 3.63) is 0 Å². The first kappa shape index (κ1) is 14.8. The van der Waals surface area contributed by atoms with Crippen molar-refractivity contribution < 1.29 is 4.74 Å². The van der Waals surface area contributed by atoms with Crippen LogP contribution in [-0.2, 0) is 4.74 Å². The van der Waals surface area contributed by atoms with Gasteiger partial charge in [0.2, 0.25) is 0 Å². The topological polar surface area (TPSA) is 45.7 Å². The molecule has 0 aromatic rings. The summed E-state index contributed by atoms with van der Waals surface area (Å²) in [6.07, 6.45) is 13.2. The van der Waals surface area contributed by atoms with Crippen molar-refractivity contribution in [3.63, 3.8) is 0 Å². The summed E-state index contributed by atoms with van der Waals surface area (Å²) in [4.78, 5) is 4.67. The van der Waals surface area contributed by atoms with Crippen LogP contribution >= 0.6 is 0 Å². The van der Waals surface area contributed by atoms with Gasteiger partial charge in [-0.15, -0.1) is 0 Å². The molecule has 4 nitrogen and oxygen atoms in total. The van der Waals surface area contributed by atoms with Gasteiger partial charge in [-0.05, 0) is 44.4 Å². The van der Waals surface area contributed by atoms with E-state index >= 15 is 0 Å². The van der Waals surface area contributed by atoms with Gasteiger partial charge in [0.05, 0.1) is 18.2 Å². The monoisotopic (exact) mass is 305 g/mol. The quantitative estimate of drug-likeness (QED) is 0.620. The van der Waals surface area contributed by atoms with Crippen LogP contribution in [-0.4, -0.2) is 36.8 Å². The first-order valence-corrected chi connectivity index (χ1v) is 9.56. The molecular weight excluding hydrogens is 274 g/mol. The van der Waals surface area contributed by atoms with Crippen molar-refractivity contribution in [1.82, 2.24) is 10.6 Å². The van der Waals surface area contributed by atoms with Crippen molar-refractivity contribution in [3.8, 4) is 0 Å². The molecule has 22 heavy (non-hydrogen) atoms. The number of nitrogens with zero attached hydrogens (tertiary/aromatic N) is 1. The highest BCUT2D eigenvalue weighted by molar-refractivity contribution is 5.81. The number of hydrogen-bond donors (Lipinski definition) is 2. The number of hydrogen-bond acceptors (Lipinski definition) is 2. The van der Waals surface area contributed by atoms with Crippen LogP contribution < -0.4 is 10.6 Å². The average molecular weight is 305 g/mol. The standard InChI is InChI=1S/C18H31N3O/c1-2-19-18(21-16-10-13-8-9-17(16)22-13)20-15-11-14(15)12-6-4-3-5-7-12/h12-17H,2-11H2,1H3,(H2,19,20,21). The Labute approximate surface area is 134 Å². The molecule has 0 aromatic heterocycles. The number of ether oxygens (including phenoxy) is 1. The van der Waals surface area contributed by atoms with E-state index in [1.807, 2.05) is 0 Å². The molecule has 0 aromatic carbocycles. The molecule has 0 radical (unpaired) electrons. The van der Waals surface area contributed by atoms with Gasteiger partial charge >= 0.3 is 0 Å². The molecular formula is C18H31N3O. The molecule has 5 unspecified atom stereocenters. The summed E-state index contributed by atoms with van der Waals surface area (Å²) in [5.41, 5.74) is 0. The van der Waals surface area contributed by atoms with Crippen molar-refractivity contribution in [2.24, 2.45) is 16.8 Å². The maximum atomic E-state index is 5.96. The minimum absolute atomic E-state index is 0.419. The Bertz CT molecular complexity index is 419. The smallest absolute Gasteiger partial charge is 0.191 e. The third kappa shape index (κ3) is 3.12. The van der Waals surface area contributed by atoms with Gasteiger partial charge in [0.25, 0.3) is 0 Å². The molecule has 4 fully saturated rings. The predicted octanol–water partition coefficient (Wildman–Crippen LogP) is 2.83. The van der Waals surface area contributed by atoms with Gasteiger partial charge in [-0.3, -0.25) is 4.99 Å². The zero-order chi connectivity index (χ0) is 14.9. The molecule has 2 aliphatic heterocycles. The van der Waals surface area contributed by atoms with E-state index in [4.69, 9.17) is 4.74 Å². The maximum absolute atomic E-state index is 5.96. The lowest BCUT2D eigenvalue weighted by Gasteiger charge is -2.24. The van der Waals surface area contributed by atoms with E-state index in [1.54, 1.807) is 0 Å². The molecule has 2 aliphatic carbocycles. The first-order chi connectivity index (χ1) is 10.8. The lowest BCUT2D eigenvalue weighted by atomic mass is 9.85. The number of guanidine groups is 1. The Morgan fingerprint density at radius 3 is 2.50 bits per heavy atom. The third-order valence-electron chi connectivity index (χ3n) is 6.16. The molecule has 2 saturated carbocycles. The van der Waals surface area contributed by atoms with E-state index < -0.39 is 0 Å². The lowest BCUT2D eigenvalue weighted by molar-refractivity contribution is 0.0992. The molecule has 2 bridgehead atoms. The zero-order valence-corrected chi connectivity index (χ0v) is 13.9. The molecule has 2 N–H and O–H groups in total. The molecule has 2 saturated heterocycles. The number of fused-ring (bicyclic) bond motifs is 2. The van der Waals surface area contributed by atoms with Crippen LogP contribution in [0.5, 0.6) is 0 Å². The van der Waals surface area contributed by atoms with Crippen molar-refractivity contribution >= 4 is 5.96 Å². The van der Waals surface area contributed by atoms with Crippen LogP contribution in [0.3, 0.4) is 0 Å². The zero-order valence-electron chi connectivity index (χ0n) is 13.9. The molecule has 124 valence electrons. The van der Waals surface area contributed by atoms with E-state index in [9.17, 15) is 0 Å². The fourth-order valence-corrected chi connectivity index (χ4v) is 4.90. The van der Waals surface area contributed by atoms with Crippen LogP contribution in [0, 0.1) is 11.8 Å². The van der Waals surface area contributed by atoms with Crippen LogP contribution in [0.2, 0.25) is 0 Å². The average Bonchev–Trinajstić information content (AvgIpc) is 2.99. The minimum Gasteiger partial charge on any atom is -0.373 e. The number of nitrogens with one attached hydrogen (secondary N) is 2. The summed E-state index contributed by atoms with van der Waals surface area (Å²) in [7, 11) is 0. The van der Waals surface area contributed by atoms with Gasteiger partial charge in [-0.1, -0.05) is 32.1 Å². The minimum atomic E-state index is 0.419. The van der Waals surface area contributed by atoms with E-state index in [2.05, 4.69) is 22.5 Å². The summed E-state index contributed by atoms with van der Waals surface area (Å²) in [5.74, 6) is 2.91. The van der Waals surface area contributed by atoms with Gasteiger partial charge in [-0.2, -0.15) is 0 Å². The fraction of sp³-hybridized carbons (Fsp3) is 0.944. The normalized spacial score (nSPS) is 41.7. The maximum Gasteiger partial charge on any atom is 0.191 e.